The Morgan fingerprint density at radius 1 is 0.562 bits per heavy atom. The topological polar surface area (TPSA) is 451 Å². The first kappa shape index (κ1) is 65.9. The molecule has 0 saturated carbocycles. The predicted molar refractivity (Wildman–Crippen MR) is 286 cm³/mol. The third-order valence-electron chi connectivity index (χ3n) is 13.7. The summed E-state index contributed by atoms with van der Waals surface area (Å²) in [6.07, 6.45) is -1.75. The van der Waals surface area contributed by atoms with E-state index in [0.717, 1.165) is 4.90 Å². The predicted octanol–water partition coefficient (Wildman–Crippen LogP) is -1.96. The number of primary amides is 2. The molecule has 1 heterocycles. The van der Waals surface area contributed by atoms with E-state index in [-0.39, 0.29) is 50.1 Å². The fourth-order valence-electron chi connectivity index (χ4n) is 8.66. The van der Waals surface area contributed by atoms with Gasteiger partial charge in [0.1, 0.15) is 59.8 Å². The molecule has 1 saturated heterocycles. The van der Waals surface area contributed by atoms with Crippen molar-refractivity contribution in [3.05, 3.63) is 59.7 Å². The monoisotopic (exact) mass is 1120 g/mol. The molecule has 10 amide bonds. The van der Waals surface area contributed by atoms with Gasteiger partial charge in [-0.25, -0.2) is 4.79 Å². The Morgan fingerprint density at radius 3 is 1.48 bits per heavy atom. The van der Waals surface area contributed by atoms with Crippen LogP contribution in [0, 0.1) is 17.8 Å². The van der Waals surface area contributed by atoms with Crippen molar-refractivity contribution >= 4 is 71.0 Å². The molecule has 2 aromatic carbocycles. The zero-order valence-corrected chi connectivity index (χ0v) is 45.7. The number of phenols is 2. The van der Waals surface area contributed by atoms with Crippen LogP contribution >= 0.6 is 0 Å². The summed E-state index contributed by atoms with van der Waals surface area (Å²) in [6.45, 7) is 9.91. The Labute approximate surface area is 462 Å². The molecule has 80 heavy (non-hydrogen) atoms. The summed E-state index contributed by atoms with van der Waals surface area (Å²) in [7, 11) is 0. The van der Waals surface area contributed by atoms with Crippen molar-refractivity contribution in [1.29, 1.82) is 0 Å². The first-order valence-electron chi connectivity index (χ1n) is 26.3. The number of rotatable bonds is 32. The second kappa shape index (κ2) is 31.3. The van der Waals surface area contributed by atoms with E-state index in [9.17, 15) is 78.0 Å². The summed E-state index contributed by atoms with van der Waals surface area (Å²) in [5, 5.41) is 57.1. The van der Waals surface area contributed by atoms with Crippen LogP contribution in [0.2, 0.25) is 0 Å². The second-order valence-corrected chi connectivity index (χ2v) is 20.4. The first-order valence-corrected chi connectivity index (χ1v) is 26.3. The van der Waals surface area contributed by atoms with Crippen molar-refractivity contribution in [2.45, 2.75) is 160 Å². The van der Waals surface area contributed by atoms with Crippen LogP contribution < -0.4 is 54.4 Å². The van der Waals surface area contributed by atoms with Gasteiger partial charge >= 0.3 is 11.9 Å². The minimum absolute atomic E-state index is 0.0783. The lowest BCUT2D eigenvalue weighted by atomic mass is 9.94. The molecule has 0 spiro atoms. The highest BCUT2D eigenvalue weighted by atomic mass is 16.4. The quantitative estimate of drug-likeness (QED) is 0.0378. The third-order valence-corrected chi connectivity index (χ3v) is 13.7. The number of aliphatic carboxylic acids is 2. The molecule has 27 nitrogen and oxygen atoms in total. The summed E-state index contributed by atoms with van der Waals surface area (Å²) < 4.78 is 0. The highest BCUT2D eigenvalue weighted by Gasteiger charge is 2.41. The summed E-state index contributed by atoms with van der Waals surface area (Å²) in [6, 6.07) is -2.06. The van der Waals surface area contributed by atoms with Crippen molar-refractivity contribution in [1.82, 2.24) is 42.1 Å². The van der Waals surface area contributed by atoms with Crippen molar-refractivity contribution in [3.8, 4) is 11.5 Å². The number of benzene rings is 2. The summed E-state index contributed by atoms with van der Waals surface area (Å²) in [4.78, 5) is 160. The largest absolute Gasteiger partial charge is 0.508 e. The number of carbonyl (C=O) groups is 12. The lowest BCUT2D eigenvalue weighted by Crippen LogP contribution is -2.62. The van der Waals surface area contributed by atoms with Crippen LogP contribution in [0.3, 0.4) is 0 Å². The van der Waals surface area contributed by atoms with E-state index >= 15 is 0 Å². The number of likely N-dealkylation sites (tertiary alicyclic amines) is 1. The van der Waals surface area contributed by atoms with Crippen molar-refractivity contribution in [2.75, 3.05) is 6.54 Å². The number of hydrogen-bond donors (Lipinski definition) is 14. The Kier molecular flexibility index (Phi) is 25.8. The summed E-state index contributed by atoms with van der Waals surface area (Å²) in [5.74, 6) is -14.2. The van der Waals surface area contributed by atoms with Crippen molar-refractivity contribution in [3.63, 3.8) is 0 Å². The second-order valence-electron chi connectivity index (χ2n) is 20.4. The van der Waals surface area contributed by atoms with Gasteiger partial charge in [0.05, 0.1) is 18.9 Å². The van der Waals surface area contributed by atoms with Crippen LogP contribution in [0.25, 0.3) is 0 Å². The van der Waals surface area contributed by atoms with Gasteiger partial charge in [0.2, 0.25) is 59.1 Å². The van der Waals surface area contributed by atoms with Gasteiger partial charge in [-0.05, 0) is 72.4 Å². The Bertz CT molecular complexity index is 2550. The maximum Gasteiger partial charge on any atom is 0.326 e. The fourth-order valence-corrected chi connectivity index (χ4v) is 8.66. The molecule has 440 valence electrons. The number of phenolic OH excluding ortho intramolecular Hbond substituents is 2. The van der Waals surface area contributed by atoms with E-state index in [1.165, 1.54) is 48.5 Å². The standard InChI is InChI=1S/C53H77N11O16/c1-7-27(5)43(50(76)59-35(22-29-11-15-31(65)16-12-29)46(72)57-34(19-20-39(55)67)45(71)60-37(53(79)80)23-30-13-17-32(66)18-14-30)63-49(75)42(26(3)4)61-51(77)44(28(6)8-2)62-47(73)36(25-41(69)70)58-48(74)38-10-9-21-64(38)52(78)33(54)24-40(56)68/h11-18,26-28,33-38,42-44,65-66H,7-10,19-25,54H2,1-6H3,(H2,55,67)(H2,56,68)(H,57,72)(H,58,74)(H,59,76)(H,60,71)(H,61,77)(H,62,73)(H,63,75)(H,69,70)(H,79,80)/t27-,28-,33-,34-,35-,36-,37-,38-,42-,43-,44-/m0/s1. The van der Waals surface area contributed by atoms with Gasteiger partial charge in [0, 0.05) is 25.8 Å². The van der Waals surface area contributed by atoms with E-state index in [4.69, 9.17) is 17.2 Å². The average molecular weight is 1120 g/mol. The maximum absolute atomic E-state index is 14.5. The Morgan fingerprint density at radius 2 is 1.00 bits per heavy atom. The van der Waals surface area contributed by atoms with E-state index in [1.54, 1.807) is 41.5 Å². The van der Waals surface area contributed by atoms with Crippen LogP contribution in [0.15, 0.2) is 48.5 Å². The van der Waals surface area contributed by atoms with Gasteiger partial charge in [0.15, 0.2) is 0 Å². The zero-order chi connectivity index (χ0) is 60.1. The van der Waals surface area contributed by atoms with Crippen molar-refractivity contribution in [2.24, 2.45) is 35.0 Å². The molecule has 0 bridgehead atoms. The van der Waals surface area contributed by atoms with E-state index < -0.39 is 169 Å². The lowest BCUT2D eigenvalue weighted by molar-refractivity contribution is -0.143. The number of carboxylic acid groups (broad SMARTS) is 2. The molecule has 2 aromatic rings. The molecule has 17 N–H and O–H groups in total. The highest BCUT2D eigenvalue weighted by Crippen LogP contribution is 2.21. The van der Waals surface area contributed by atoms with Crippen LogP contribution in [0.5, 0.6) is 11.5 Å². The number of aromatic hydroxyl groups is 2. The maximum atomic E-state index is 14.5. The molecule has 1 fully saturated rings. The van der Waals surface area contributed by atoms with E-state index in [0.29, 0.717) is 17.5 Å². The van der Waals surface area contributed by atoms with Gasteiger partial charge in [-0.2, -0.15) is 0 Å². The number of carbonyl (C=O) groups excluding carboxylic acids is 10. The number of carboxylic acids is 2. The molecule has 11 atom stereocenters. The molecule has 1 aliphatic heterocycles. The number of nitrogens with one attached hydrogen (secondary N) is 7. The first-order chi connectivity index (χ1) is 37.6. The summed E-state index contributed by atoms with van der Waals surface area (Å²) in [5.41, 5.74) is 17.3. The van der Waals surface area contributed by atoms with Crippen LogP contribution in [0.4, 0.5) is 0 Å². The van der Waals surface area contributed by atoms with Gasteiger partial charge in [-0.15, -0.1) is 0 Å². The molecule has 0 unspecified atom stereocenters. The Balaban J connectivity index is 1.89. The molecule has 0 aromatic heterocycles. The SMILES string of the molecule is CC[C@H](C)[C@H](NC(=O)[C@H](CC(=O)O)NC(=O)[C@@H]1CCCN1C(=O)[C@@H](N)CC(N)=O)C(=O)N[C@H](C(=O)N[C@H](C(=O)N[C@@H](Cc1ccc(O)cc1)C(=O)N[C@@H](CCC(N)=O)C(=O)N[C@@H](Cc1ccc(O)cc1)C(=O)O)[C@@H](C)CC)C(C)C. The van der Waals surface area contributed by atoms with Gasteiger partial charge in [-0.3, -0.25) is 52.7 Å². The molecule has 0 radical (unpaired) electrons. The van der Waals surface area contributed by atoms with Gasteiger partial charge < -0.3 is 79.7 Å². The highest BCUT2D eigenvalue weighted by molar-refractivity contribution is 5.99. The van der Waals surface area contributed by atoms with Gasteiger partial charge in [-0.1, -0.05) is 78.6 Å². The number of amides is 10. The fraction of sp³-hybridized carbons (Fsp3) is 0.547. The smallest absolute Gasteiger partial charge is 0.326 e. The van der Waals surface area contributed by atoms with Gasteiger partial charge in [0.25, 0.3) is 0 Å². The third kappa shape index (κ3) is 20.5. The zero-order valence-electron chi connectivity index (χ0n) is 45.7. The van der Waals surface area contributed by atoms with E-state index in [1.807, 2.05) is 0 Å². The minimum atomic E-state index is -1.76. The minimum Gasteiger partial charge on any atom is -0.508 e. The summed E-state index contributed by atoms with van der Waals surface area (Å²) >= 11 is 0. The van der Waals surface area contributed by atoms with Crippen LogP contribution in [-0.4, -0.2) is 157 Å². The molecular weight excluding hydrogens is 1050 g/mol. The van der Waals surface area contributed by atoms with Crippen LogP contribution in [0.1, 0.15) is 104 Å². The normalized spacial score (nSPS) is 16.8. The molecular formula is C53H77N11O16. The number of nitrogens with two attached hydrogens (primary N) is 3. The molecule has 27 heteroatoms. The van der Waals surface area contributed by atoms with Crippen molar-refractivity contribution < 1.29 is 78.0 Å². The average Bonchev–Trinajstić information content (AvgIpc) is 3.89. The van der Waals surface area contributed by atoms with Crippen LogP contribution in [-0.2, 0) is 70.4 Å². The molecule has 3 rings (SSSR count). The number of nitrogens with zero attached hydrogens (tertiary/aromatic N) is 1. The molecule has 0 aliphatic carbocycles. The number of hydrogen-bond acceptors (Lipinski definition) is 15. The lowest BCUT2D eigenvalue weighted by Gasteiger charge is -2.32. The Hall–Kier alpha value is -8.36. The van der Waals surface area contributed by atoms with E-state index in [2.05, 4.69) is 37.2 Å². The molecule has 1 aliphatic rings.